The molecule has 2 N–H and O–H groups in total. The van der Waals surface area contributed by atoms with Crippen molar-refractivity contribution in [2.24, 2.45) is 0 Å². The molecule has 1 aromatic heterocycles. The number of nitrogens with zero attached hydrogens (tertiary/aromatic N) is 1. The highest BCUT2D eigenvalue weighted by molar-refractivity contribution is 7.22. The first-order valence-electron chi connectivity index (χ1n) is 6.77. The lowest BCUT2D eigenvalue weighted by Gasteiger charge is -2.01. The number of nitrogens with one attached hydrogen (secondary N) is 2. The molecule has 0 radical (unpaired) electrons. The maximum atomic E-state index is 4.61. The molecule has 0 aliphatic heterocycles. The summed E-state index contributed by atoms with van der Waals surface area (Å²) in [6.07, 6.45) is 0. The van der Waals surface area contributed by atoms with E-state index in [1.54, 1.807) is 11.3 Å². The average Bonchev–Trinajstić information content (AvgIpc) is 2.89. The van der Waals surface area contributed by atoms with Crippen LogP contribution in [0.15, 0.2) is 48.5 Å². The second-order valence-corrected chi connectivity index (χ2v) is 5.60. The van der Waals surface area contributed by atoms with Crippen molar-refractivity contribution in [1.82, 2.24) is 4.98 Å². The van der Waals surface area contributed by atoms with Gasteiger partial charge in [0, 0.05) is 18.8 Å². The molecule has 0 amide bonds. The fourth-order valence-corrected chi connectivity index (χ4v) is 2.99. The molecule has 0 saturated carbocycles. The summed E-state index contributed by atoms with van der Waals surface area (Å²) in [6, 6.07) is 16.7. The van der Waals surface area contributed by atoms with Gasteiger partial charge in [0.1, 0.15) is 0 Å². The van der Waals surface area contributed by atoms with E-state index in [0.29, 0.717) is 0 Å². The van der Waals surface area contributed by atoms with E-state index in [-0.39, 0.29) is 0 Å². The summed E-state index contributed by atoms with van der Waals surface area (Å²) < 4.78 is 1.21. The molecule has 0 aliphatic rings. The van der Waals surface area contributed by atoms with Crippen LogP contribution in [0.25, 0.3) is 10.2 Å². The number of rotatable bonds is 5. The molecule has 0 aliphatic carbocycles. The van der Waals surface area contributed by atoms with Gasteiger partial charge in [0.05, 0.1) is 10.2 Å². The third kappa shape index (κ3) is 2.91. The van der Waals surface area contributed by atoms with Gasteiger partial charge in [-0.05, 0) is 30.7 Å². The van der Waals surface area contributed by atoms with Crippen molar-refractivity contribution < 1.29 is 0 Å². The van der Waals surface area contributed by atoms with E-state index >= 15 is 0 Å². The topological polar surface area (TPSA) is 37.0 Å². The predicted octanol–water partition coefficient (Wildman–Crippen LogP) is 4.34. The zero-order valence-corrected chi connectivity index (χ0v) is 12.2. The molecule has 3 nitrogen and oxygen atoms in total. The molecule has 3 rings (SSSR count). The zero-order valence-electron chi connectivity index (χ0n) is 11.4. The largest absolute Gasteiger partial charge is 0.385 e. The average molecular weight is 283 g/mol. The Hall–Kier alpha value is -2.07. The van der Waals surface area contributed by atoms with Gasteiger partial charge in [-0.15, -0.1) is 0 Å². The van der Waals surface area contributed by atoms with Gasteiger partial charge in [-0.1, -0.05) is 41.7 Å². The van der Waals surface area contributed by atoms with Gasteiger partial charge in [0.15, 0.2) is 5.13 Å². The van der Waals surface area contributed by atoms with E-state index in [2.05, 4.69) is 65.0 Å². The second kappa shape index (κ2) is 5.92. The summed E-state index contributed by atoms with van der Waals surface area (Å²) in [5, 5.41) is 7.68. The number of hydrogen-bond donors (Lipinski definition) is 2. The lowest BCUT2D eigenvalue weighted by molar-refractivity contribution is 1.14. The van der Waals surface area contributed by atoms with Crippen LogP contribution in [0.5, 0.6) is 0 Å². The zero-order chi connectivity index (χ0) is 13.8. The van der Waals surface area contributed by atoms with Gasteiger partial charge >= 0.3 is 0 Å². The van der Waals surface area contributed by atoms with E-state index in [1.165, 1.54) is 10.3 Å². The van der Waals surface area contributed by atoms with Crippen LogP contribution in [-0.2, 0) is 6.54 Å². The fraction of sp³-hybridized carbons (Fsp3) is 0.188. The van der Waals surface area contributed by atoms with Crippen molar-refractivity contribution in [2.75, 3.05) is 17.2 Å². The Balaban J connectivity index is 1.75. The van der Waals surface area contributed by atoms with E-state index in [1.807, 2.05) is 6.07 Å². The number of anilines is 2. The lowest BCUT2D eigenvalue weighted by Crippen LogP contribution is -1.97. The standard InChI is InChI=1S/C16H17N3S/c1-2-17-13-8-9-14-15(10-13)20-16(19-14)18-11-12-6-4-3-5-7-12/h3-10,17H,2,11H2,1H3,(H,18,19). The summed E-state index contributed by atoms with van der Waals surface area (Å²) in [5.74, 6) is 0. The molecular weight excluding hydrogens is 266 g/mol. The highest BCUT2D eigenvalue weighted by Crippen LogP contribution is 2.28. The predicted molar refractivity (Wildman–Crippen MR) is 87.6 cm³/mol. The molecule has 0 unspecified atom stereocenters. The molecule has 1 heterocycles. The van der Waals surface area contributed by atoms with Crippen molar-refractivity contribution in [2.45, 2.75) is 13.5 Å². The third-order valence-electron chi connectivity index (χ3n) is 3.06. The Morgan fingerprint density at radius 3 is 2.70 bits per heavy atom. The van der Waals surface area contributed by atoms with E-state index in [9.17, 15) is 0 Å². The minimum Gasteiger partial charge on any atom is -0.385 e. The van der Waals surface area contributed by atoms with Gasteiger partial charge in [0.2, 0.25) is 0 Å². The number of hydrogen-bond acceptors (Lipinski definition) is 4. The van der Waals surface area contributed by atoms with Crippen molar-refractivity contribution >= 4 is 32.4 Å². The molecule has 0 saturated heterocycles. The Morgan fingerprint density at radius 2 is 1.90 bits per heavy atom. The number of aromatic nitrogens is 1. The molecule has 0 spiro atoms. The third-order valence-corrected chi connectivity index (χ3v) is 4.03. The smallest absolute Gasteiger partial charge is 0.184 e. The van der Waals surface area contributed by atoms with Crippen LogP contribution in [0, 0.1) is 0 Å². The van der Waals surface area contributed by atoms with Crippen molar-refractivity contribution in [3.8, 4) is 0 Å². The van der Waals surface area contributed by atoms with Gasteiger partial charge in [-0.3, -0.25) is 0 Å². The van der Waals surface area contributed by atoms with Crippen LogP contribution < -0.4 is 10.6 Å². The summed E-state index contributed by atoms with van der Waals surface area (Å²) in [6.45, 7) is 3.84. The molecule has 0 fully saturated rings. The van der Waals surface area contributed by atoms with Gasteiger partial charge in [-0.2, -0.15) is 0 Å². The maximum absolute atomic E-state index is 4.61. The van der Waals surface area contributed by atoms with Gasteiger partial charge < -0.3 is 10.6 Å². The second-order valence-electron chi connectivity index (χ2n) is 4.57. The van der Waals surface area contributed by atoms with Crippen LogP contribution >= 0.6 is 11.3 Å². The minimum absolute atomic E-state index is 0.806. The van der Waals surface area contributed by atoms with Crippen LogP contribution in [0.4, 0.5) is 10.8 Å². The van der Waals surface area contributed by atoms with Crippen molar-refractivity contribution in [3.05, 3.63) is 54.1 Å². The summed E-state index contributed by atoms with van der Waals surface area (Å²) in [7, 11) is 0. The Labute approximate surface area is 122 Å². The molecular formula is C16H17N3S. The Bertz CT molecular complexity index is 691. The Morgan fingerprint density at radius 1 is 1.05 bits per heavy atom. The first kappa shape index (κ1) is 12.9. The normalized spacial score (nSPS) is 10.7. The van der Waals surface area contributed by atoms with Crippen molar-refractivity contribution in [1.29, 1.82) is 0 Å². The molecule has 20 heavy (non-hydrogen) atoms. The lowest BCUT2D eigenvalue weighted by atomic mass is 10.2. The minimum atomic E-state index is 0.806. The molecule has 2 aromatic carbocycles. The number of fused-ring (bicyclic) bond motifs is 1. The van der Waals surface area contributed by atoms with E-state index < -0.39 is 0 Å². The summed E-state index contributed by atoms with van der Waals surface area (Å²) >= 11 is 1.69. The molecule has 3 aromatic rings. The van der Waals surface area contributed by atoms with Crippen LogP contribution in [0.1, 0.15) is 12.5 Å². The van der Waals surface area contributed by atoms with Crippen molar-refractivity contribution in [3.63, 3.8) is 0 Å². The van der Waals surface area contributed by atoms with Crippen LogP contribution in [-0.4, -0.2) is 11.5 Å². The Kier molecular flexibility index (Phi) is 3.83. The van der Waals surface area contributed by atoms with Gasteiger partial charge in [0.25, 0.3) is 0 Å². The van der Waals surface area contributed by atoms with E-state index in [0.717, 1.165) is 29.4 Å². The molecule has 4 heteroatoms. The quantitative estimate of drug-likeness (QED) is 0.731. The summed E-state index contributed by atoms with van der Waals surface area (Å²) in [4.78, 5) is 4.61. The SMILES string of the molecule is CCNc1ccc2nc(NCc3ccccc3)sc2c1. The van der Waals surface area contributed by atoms with Crippen LogP contribution in [0.2, 0.25) is 0 Å². The number of thiazole rings is 1. The van der Waals surface area contributed by atoms with E-state index in [4.69, 9.17) is 0 Å². The molecule has 0 bridgehead atoms. The number of benzene rings is 2. The molecule has 0 atom stereocenters. The fourth-order valence-electron chi connectivity index (χ4n) is 2.09. The summed E-state index contributed by atoms with van der Waals surface area (Å²) in [5.41, 5.74) is 3.46. The van der Waals surface area contributed by atoms with Crippen LogP contribution in [0.3, 0.4) is 0 Å². The monoisotopic (exact) mass is 283 g/mol. The maximum Gasteiger partial charge on any atom is 0.184 e. The highest BCUT2D eigenvalue weighted by atomic mass is 32.1. The highest BCUT2D eigenvalue weighted by Gasteiger charge is 2.04. The first-order chi connectivity index (χ1) is 9.85. The molecule has 102 valence electrons. The first-order valence-corrected chi connectivity index (χ1v) is 7.59. The van der Waals surface area contributed by atoms with Gasteiger partial charge in [-0.25, -0.2) is 4.98 Å².